The van der Waals surface area contributed by atoms with Gasteiger partial charge in [-0.25, -0.2) is 10.2 Å². The minimum absolute atomic E-state index is 0.283. The Balaban J connectivity index is 1.62. The monoisotopic (exact) mass is 400 g/mol. The summed E-state index contributed by atoms with van der Waals surface area (Å²) in [7, 11) is 1.48. The minimum Gasteiger partial charge on any atom is -0.493 e. The van der Waals surface area contributed by atoms with Gasteiger partial charge in [0.25, 0.3) is 5.91 Å². The molecular formula is C24H20N2O4. The fraction of sp³-hybridized carbons (Fsp3) is 0.0417. The third kappa shape index (κ3) is 5.90. The van der Waals surface area contributed by atoms with Gasteiger partial charge >= 0.3 is 5.97 Å². The van der Waals surface area contributed by atoms with Crippen molar-refractivity contribution in [2.75, 3.05) is 7.11 Å². The summed E-state index contributed by atoms with van der Waals surface area (Å²) < 4.78 is 10.6. The van der Waals surface area contributed by atoms with Crippen LogP contribution in [0, 0.1) is 0 Å². The van der Waals surface area contributed by atoms with Crippen LogP contribution in [0.5, 0.6) is 11.5 Å². The molecule has 0 aliphatic heterocycles. The van der Waals surface area contributed by atoms with Gasteiger partial charge in [-0.05, 0) is 47.5 Å². The van der Waals surface area contributed by atoms with Crippen molar-refractivity contribution < 1.29 is 19.1 Å². The molecule has 0 aromatic heterocycles. The second-order valence-electron chi connectivity index (χ2n) is 6.14. The molecule has 6 heteroatoms. The number of carbonyl (C=O) groups excluding carboxylic acids is 2. The molecule has 3 aromatic rings. The van der Waals surface area contributed by atoms with E-state index in [9.17, 15) is 9.59 Å². The Bertz CT molecular complexity index is 1060. The van der Waals surface area contributed by atoms with Gasteiger partial charge < -0.3 is 9.47 Å². The Labute approximate surface area is 174 Å². The first-order valence-electron chi connectivity index (χ1n) is 9.17. The highest BCUT2D eigenvalue weighted by molar-refractivity contribution is 5.95. The van der Waals surface area contributed by atoms with Crippen molar-refractivity contribution in [3.63, 3.8) is 0 Å². The highest BCUT2D eigenvalue weighted by Gasteiger charge is 2.09. The van der Waals surface area contributed by atoms with E-state index in [1.165, 1.54) is 19.4 Å². The molecule has 150 valence electrons. The molecule has 0 heterocycles. The van der Waals surface area contributed by atoms with Crippen molar-refractivity contribution in [3.05, 3.63) is 102 Å². The number of hydrazone groups is 1. The van der Waals surface area contributed by atoms with Crippen molar-refractivity contribution in [1.29, 1.82) is 0 Å². The number of carbonyl (C=O) groups is 2. The molecule has 0 spiro atoms. The molecule has 30 heavy (non-hydrogen) atoms. The third-order valence-corrected chi connectivity index (χ3v) is 4.03. The molecule has 3 rings (SSSR count). The van der Waals surface area contributed by atoms with E-state index in [2.05, 4.69) is 10.5 Å². The van der Waals surface area contributed by atoms with Gasteiger partial charge in [0.1, 0.15) is 0 Å². The van der Waals surface area contributed by atoms with Gasteiger partial charge in [0.15, 0.2) is 11.5 Å². The molecule has 0 aliphatic carbocycles. The van der Waals surface area contributed by atoms with Crippen LogP contribution in [0.1, 0.15) is 21.5 Å². The Morgan fingerprint density at radius 1 is 0.867 bits per heavy atom. The zero-order chi connectivity index (χ0) is 21.2. The summed E-state index contributed by atoms with van der Waals surface area (Å²) in [6, 6.07) is 23.2. The zero-order valence-corrected chi connectivity index (χ0v) is 16.3. The van der Waals surface area contributed by atoms with Gasteiger partial charge in [0.2, 0.25) is 0 Å². The number of methoxy groups -OCH3 is 1. The molecule has 0 unspecified atom stereocenters. The largest absolute Gasteiger partial charge is 0.493 e. The van der Waals surface area contributed by atoms with Crippen molar-refractivity contribution in [1.82, 2.24) is 5.43 Å². The summed E-state index contributed by atoms with van der Waals surface area (Å²) in [4.78, 5) is 24.1. The van der Waals surface area contributed by atoms with Crippen LogP contribution in [0.25, 0.3) is 6.08 Å². The van der Waals surface area contributed by atoms with Gasteiger partial charge in [0, 0.05) is 11.6 Å². The number of amides is 1. The first-order valence-corrected chi connectivity index (χ1v) is 9.17. The number of nitrogens with one attached hydrogen (secondary N) is 1. The van der Waals surface area contributed by atoms with E-state index >= 15 is 0 Å². The van der Waals surface area contributed by atoms with Crippen molar-refractivity contribution in [2.24, 2.45) is 5.10 Å². The maximum Gasteiger partial charge on any atom is 0.336 e. The van der Waals surface area contributed by atoms with Crippen LogP contribution in [-0.4, -0.2) is 25.2 Å². The molecule has 0 bridgehead atoms. The summed E-state index contributed by atoms with van der Waals surface area (Å²) in [6.07, 6.45) is 4.50. The second kappa shape index (κ2) is 10.4. The highest BCUT2D eigenvalue weighted by atomic mass is 16.6. The molecule has 3 aromatic carbocycles. The lowest BCUT2D eigenvalue weighted by Crippen LogP contribution is -2.17. The number of esters is 1. The minimum atomic E-state index is -0.520. The van der Waals surface area contributed by atoms with Crippen LogP contribution < -0.4 is 14.9 Å². The number of ether oxygens (including phenoxy) is 2. The summed E-state index contributed by atoms with van der Waals surface area (Å²) >= 11 is 0. The maximum atomic E-state index is 12.1. The lowest BCUT2D eigenvalue weighted by Gasteiger charge is -2.08. The summed E-state index contributed by atoms with van der Waals surface area (Å²) in [5, 5.41) is 3.95. The predicted molar refractivity (Wildman–Crippen MR) is 116 cm³/mol. The van der Waals surface area contributed by atoms with E-state index in [-0.39, 0.29) is 11.7 Å². The number of nitrogens with zero attached hydrogens (tertiary/aromatic N) is 1. The van der Waals surface area contributed by atoms with Gasteiger partial charge in [-0.15, -0.1) is 0 Å². The quantitative estimate of drug-likeness (QED) is 0.213. The molecule has 0 atom stereocenters. The molecule has 1 N–H and O–H groups in total. The highest BCUT2D eigenvalue weighted by Crippen LogP contribution is 2.27. The first-order chi connectivity index (χ1) is 14.7. The van der Waals surface area contributed by atoms with E-state index in [1.807, 2.05) is 36.4 Å². The molecule has 0 fully saturated rings. The average Bonchev–Trinajstić information content (AvgIpc) is 2.79. The average molecular weight is 400 g/mol. The second-order valence-corrected chi connectivity index (χ2v) is 6.14. The fourth-order valence-electron chi connectivity index (χ4n) is 2.54. The fourth-order valence-corrected chi connectivity index (χ4v) is 2.54. The van der Waals surface area contributed by atoms with Crippen LogP contribution in [-0.2, 0) is 4.79 Å². The molecular weight excluding hydrogens is 380 g/mol. The first kappa shape index (κ1) is 20.5. The van der Waals surface area contributed by atoms with E-state index in [0.717, 1.165) is 5.56 Å². The molecule has 1 amide bonds. The van der Waals surface area contributed by atoms with Crippen LogP contribution in [0.4, 0.5) is 0 Å². The smallest absolute Gasteiger partial charge is 0.336 e. The molecule has 0 radical (unpaired) electrons. The predicted octanol–water partition coefficient (Wildman–Crippen LogP) is 4.08. The van der Waals surface area contributed by atoms with Gasteiger partial charge in [-0.3, -0.25) is 4.79 Å². The normalized spacial score (nSPS) is 10.8. The summed E-state index contributed by atoms with van der Waals surface area (Å²) in [5.74, 6) is -0.177. The van der Waals surface area contributed by atoms with Crippen molar-refractivity contribution >= 4 is 24.2 Å². The Morgan fingerprint density at radius 3 is 2.27 bits per heavy atom. The number of rotatable bonds is 7. The maximum absolute atomic E-state index is 12.1. The SMILES string of the molecule is COc1cc(/C=N/NC(=O)c2ccccc2)ccc1OC(=O)/C=C/c1ccccc1. The number of benzene rings is 3. The van der Waals surface area contributed by atoms with Gasteiger partial charge in [-0.2, -0.15) is 5.10 Å². The number of hydrogen-bond acceptors (Lipinski definition) is 5. The Hall–Kier alpha value is -4.19. The van der Waals surface area contributed by atoms with E-state index in [0.29, 0.717) is 16.9 Å². The molecule has 0 aliphatic rings. The standard InChI is InChI=1S/C24H20N2O4/c1-29-22-16-19(17-25-26-24(28)20-10-6-3-7-11-20)12-14-21(22)30-23(27)15-13-18-8-4-2-5-9-18/h2-17H,1H3,(H,26,28)/b15-13+,25-17+. The third-order valence-electron chi connectivity index (χ3n) is 4.03. The van der Waals surface area contributed by atoms with Crippen LogP contribution >= 0.6 is 0 Å². The van der Waals surface area contributed by atoms with E-state index in [1.54, 1.807) is 48.5 Å². The molecule has 6 nitrogen and oxygen atoms in total. The number of hydrogen-bond donors (Lipinski definition) is 1. The molecule has 0 saturated heterocycles. The summed E-state index contributed by atoms with van der Waals surface area (Å²) in [6.45, 7) is 0. The van der Waals surface area contributed by atoms with Crippen molar-refractivity contribution in [2.45, 2.75) is 0 Å². The van der Waals surface area contributed by atoms with Gasteiger partial charge in [0.05, 0.1) is 13.3 Å². The Morgan fingerprint density at radius 2 is 1.57 bits per heavy atom. The lowest BCUT2D eigenvalue weighted by atomic mass is 10.2. The summed E-state index contributed by atoms with van der Waals surface area (Å²) in [5.41, 5.74) is 4.53. The topological polar surface area (TPSA) is 77.0 Å². The van der Waals surface area contributed by atoms with E-state index < -0.39 is 5.97 Å². The van der Waals surface area contributed by atoms with Crippen LogP contribution in [0.3, 0.4) is 0 Å². The Kier molecular flexibility index (Phi) is 7.11. The molecule has 0 saturated carbocycles. The zero-order valence-electron chi connectivity index (χ0n) is 16.3. The van der Waals surface area contributed by atoms with Crippen molar-refractivity contribution in [3.8, 4) is 11.5 Å². The van der Waals surface area contributed by atoms with E-state index in [4.69, 9.17) is 9.47 Å². The van der Waals surface area contributed by atoms with Gasteiger partial charge in [-0.1, -0.05) is 48.5 Å². The van der Waals surface area contributed by atoms with Crippen LogP contribution in [0.15, 0.2) is 90.0 Å². The lowest BCUT2D eigenvalue weighted by molar-refractivity contribution is -0.129. The van der Waals surface area contributed by atoms with Crippen LogP contribution in [0.2, 0.25) is 0 Å².